The van der Waals surface area contributed by atoms with E-state index in [0.29, 0.717) is 19.3 Å². The average Bonchev–Trinajstić information content (AvgIpc) is 3.27. The summed E-state index contributed by atoms with van der Waals surface area (Å²) in [6.45, 7) is 6.36. The third kappa shape index (κ3) is 47.6. The second-order valence-corrected chi connectivity index (χ2v) is 16.7. The van der Waals surface area contributed by atoms with Gasteiger partial charge in [-0.05, 0) is 89.9 Å². The Labute approximate surface area is 382 Å². The first kappa shape index (κ1) is 58.6. The molecule has 0 heterocycles. The van der Waals surface area contributed by atoms with Gasteiger partial charge in [0.2, 0.25) is 0 Å². The molecule has 1 unspecified atom stereocenters. The van der Waals surface area contributed by atoms with Crippen molar-refractivity contribution < 1.29 is 28.6 Å². The Hall–Kier alpha value is -3.41. The molecule has 0 spiro atoms. The number of carbonyl (C=O) groups excluding carboxylic acids is 3. The third-order valence-electron chi connectivity index (χ3n) is 10.6. The smallest absolute Gasteiger partial charge is 0.306 e. The van der Waals surface area contributed by atoms with E-state index in [-0.39, 0.29) is 31.1 Å². The van der Waals surface area contributed by atoms with Crippen LogP contribution in [0.15, 0.2) is 85.1 Å². The number of ether oxygens (including phenoxy) is 3. The lowest BCUT2D eigenvalue weighted by Crippen LogP contribution is -2.30. The van der Waals surface area contributed by atoms with E-state index in [4.69, 9.17) is 14.2 Å². The second kappa shape index (κ2) is 50.2. The van der Waals surface area contributed by atoms with Crippen LogP contribution < -0.4 is 0 Å². The molecular formula is C56H94O6. The lowest BCUT2D eigenvalue weighted by atomic mass is 10.1. The minimum Gasteiger partial charge on any atom is -0.462 e. The summed E-state index contributed by atoms with van der Waals surface area (Å²) in [5.74, 6) is -0.931. The monoisotopic (exact) mass is 863 g/mol. The largest absolute Gasteiger partial charge is 0.462 e. The van der Waals surface area contributed by atoms with E-state index in [1.807, 2.05) is 0 Å². The molecule has 0 aliphatic heterocycles. The number of unbranched alkanes of at least 4 members (excludes halogenated alkanes) is 20. The van der Waals surface area contributed by atoms with Gasteiger partial charge in [-0.2, -0.15) is 0 Å². The van der Waals surface area contributed by atoms with Crippen LogP contribution in [0.4, 0.5) is 0 Å². The molecule has 0 radical (unpaired) electrons. The van der Waals surface area contributed by atoms with Crippen molar-refractivity contribution in [3.63, 3.8) is 0 Å². The van der Waals surface area contributed by atoms with Crippen molar-refractivity contribution in [1.29, 1.82) is 0 Å². The molecule has 0 aliphatic rings. The topological polar surface area (TPSA) is 78.9 Å². The van der Waals surface area contributed by atoms with Gasteiger partial charge in [-0.15, -0.1) is 0 Å². The minimum absolute atomic E-state index is 0.0901. The van der Waals surface area contributed by atoms with Gasteiger partial charge in [-0.3, -0.25) is 14.4 Å². The maximum Gasteiger partial charge on any atom is 0.306 e. The first-order chi connectivity index (χ1) is 30.5. The van der Waals surface area contributed by atoms with Gasteiger partial charge in [0.1, 0.15) is 13.2 Å². The highest BCUT2D eigenvalue weighted by Gasteiger charge is 2.19. The maximum atomic E-state index is 12.8. The summed E-state index contributed by atoms with van der Waals surface area (Å²) in [6.07, 6.45) is 64.3. The van der Waals surface area contributed by atoms with Crippen LogP contribution in [0.2, 0.25) is 0 Å². The normalized spacial score (nSPS) is 12.8. The second-order valence-electron chi connectivity index (χ2n) is 16.7. The number of hydrogen-bond donors (Lipinski definition) is 0. The van der Waals surface area contributed by atoms with Crippen molar-refractivity contribution in [2.45, 2.75) is 239 Å². The molecule has 0 rings (SSSR count). The molecule has 0 saturated heterocycles. The summed E-state index contributed by atoms with van der Waals surface area (Å²) in [6, 6.07) is 0. The van der Waals surface area contributed by atoms with Gasteiger partial charge in [-0.1, -0.05) is 209 Å². The molecule has 0 aromatic heterocycles. The predicted molar refractivity (Wildman–Crippen MR) is 265 cm³/mol. The molecule has 1 atom stereocenters. The maximum absolute atomic E-state index is 12.8. The summed E-state index contributed by atoms with van der Waals surface area (Å²) in [5.41, 5.74) is 0. The van der Waals surface area contributed by atoms with Crippen LogP contribution in [0.3, 0.4) is 0 Å². The van der Waals surface area contributed by atoms with Gasteiger partial charge in [-0.25, -0.2) is 0 Å². The summed E-state index contributed by atoms with van der Waals surface area (Å²) in [5, 5.41) is 0. The molecule has 0 aromatic carbocycles. The van der Waals surface area contributed by atoms with Crippen molar-refractivity contribution >= 4 is 17.9 Å². The molecule has 6 heteroatoms. The molecule has 0 saturated carbocycles. The molecule has 0 N–H and O–H groups in total. The van der Waals surface area contributed by atoms with Gasteiger partial charge in [0.15, 0.2) is 6.10 Å². The fourth-order valence-corrected chi connectivity index (χ4v) is 6.86. The fraction of sp³-hybridized carbons (Fsp3) is 0.696. The lowest BCUT2D eigenvalue weighted by molar-refractivity contribution is -0.167. The summed E-state index contributed by atoms with van der Waals surface area (Å²) >= 11 is 0. The number of esters is 3. The van der Waals surface area contributed by atoms with Gasteiger partial charge in [0, 0.05) is 19.3 Å². The van der Waals surface area contributed by atoms with E-state index in [9.17, 15) is 14.4 Å². The van der Waals surface area contributed by atoms with Crippen molar-refractivity contribution in [3.05, 3.63) is 85.1 Å². The molecule has 0 amide bonds. The molecular weight excluding hydrogens is 769 g/mol. The third-order valence-corrected chi connectivity index (χ3v) is 10.6. The molecule has 0 bridgehead atoms. The van der Waals surface area contributed by atoms with Crippen LogP contribution in [0.1, 0.15) is 233 Å². The van der Waals surface area contributed by atoms with Gasteiger partial charge in [0.25, 0.3) is 0 Å². The first-order valence-corrected chi connectivity index (χ1v) is 25.6. The molecule has 354 valence electrons. The molecule has 0 fully saturated rings. The van der Waals surface area contributed by atoms with Crippen LogP contribution in [-0.4, -0.2) is 37.2 Å². The van der Waals surface area contributed by atoms with E-state index in [1.54, 1.807) is 0 Å². The summed E-state index contributed by atoms with van der Waals surface area (Å²) < 4.78 is 16.7. The zero-order valence-electron chi connectivity index (χ0n) is 40.4. The Balaban J connectivity index is 4.35. The van der Waals surface area contributed by atoms with Crippen LogP contribution in [0, 0.1) is 0 Å². The van der Waals surface area contributed by atoms with E-state index in [2.05, 4.69) is 106 Å². The van der Waals surface area contributed by atoms with Crippen molar-refractivity contribution in [2.75, 3.05) is 13.2 Å². The lowest BCUT2D eigenvalue weighted by Gasteiger charge is -2.18. The Morgan fingerprint density at radius 1 is 0.339 bits per heavy atom. The number of rotatable bonds is 45. The minimum atomic E-state index is -0.792. The highest BCUT2D eigenvalue weighted by molar-refractivity contribution is 5.71. The van der Waals surface area contributed by atoms with Crippen LogP contribution in [-0.2, 0) is 28.6 Å². The van der Waals surface area contributed by atoms with Crippen LogP contribution >= 0.6 is 0 Å². The van der Waals surface area contributed by atoms with Crippen LogP contribution in [0.5, 0.6) is 0 Å². The standard InChI is InChI=1S/C56H94O6/c1-4-7-10-13-16-19-22-24-25-26-27-28-29-30-31-33-34-37-40-43-46-49-55(58)61-52-53(51-60-54(57)48-45-42-39-36-21-18-15-12-9-6-3)62-56(59)50-47-44-41-38-35-32-23-20-17-14-11-8-5-2/h7-8,10-11,16-17,19-20,24-25,27-28,32,35,53H,4-6,9,12-15,18,21-23,26,29-31,33-34,36-52H2,1-3H3/b10-7-,11-8-,19-16-,20-17-,25-24-,28-27-,35-32-. The molecule has 0 aromatic rings. The molecule has 0 aliphatic carbocycles. The number of allylic oxidation sites excluding steroid dienone is 14. The van der Waals surface area contributed by atoms with Gasteiger partial charge >= 0.3 is 17.9 Å². The first-order valence-electron chi connectivity index (χ1n) is 25.6. The van der Waals surface area contributed by atoms with Gasteiger partial charge < -0.3 is 14.2 Å². The quantitative estimate of drug-likeness (QED) is 0.0263. The van der Waals surface area contributed by atoms with E-state index < -0.39 is 6.10 Å². The zero-order chi connectivity index (χ0) is 45.1. The average molecular weight is 863 g/mol. The number of carbonyl (C=O) groups is 3. The van der Waals surface area contributed by atoms with E-state index >= 15 is 0 Å². The highest BCUT2D eigenvalue weighted by atomic mass is 16.6. The summed E-state index contributed by atoms with van der Waals surface area (Å²) in [4.78, 5) is 37.9. The highest BCUT2D eigenvalue weighted by Crippen LogP contribution is 2.14. The molecule has 6 nitrogen and oxygen atoms in total. The van der Waals surface area contributed by atoms with Crippen molar-refractivity contribution in [2.24, 2.45) is 0 Å². The predicted octanol–water partition coefficient (Wildman–Crippen LogP) is 16.8. The number of hydrogen-bond acceptors (Lipinski definition) is 6. The Kier molecular flexibility index (Phi) is 47.5. The van der Waals surface area contributed by atoms with E-state index in [1.165, 1.54) is 77.0 Å². The Bertz CT molecular complexity index is 1220. The summed E-state index contributed by atoms with van der Waals surface area (Å²) in [7, 11) is 0. The van der Waals surface area contributed by atoms with Gasteiger partial charge in [0.05, 0.1) is 0 Å². The van der Waals surface area contributed by atoms with Crippen LogP contribution in [0.25, 0.3) is 0 Å². The van der Waals surface area contributed by atoms with Crippen molar-refractivity contribution in [1.82, 2.24) is 0 Å². The van der Waals surface area contributed by atoms with Crippen molar-refractivity contribution in [3.8, 4) is 0 Å². The fourth-order valence-electron chi connectivity index (χ4n) is 6.86. The molecule has 62 heavy (non-hydrogen) atoms. The Morgan fingerprint density at radius 2 is 0.629 bits per heavy atom. The Morgan fingerprint density at radius 3 is 1.00 bits per heavy atom. The zero-order valence-corrected chi connectivity index (χ0v) is 40.4. The SMILES string of the molecule is CC/C=C\C/C=C\C/C=C\C/C=C\CCCCCCCCCCC(=O)OCC(COC(=O)CCCCCCCCCCCC)OC(=O)CCCCC/C=C\C/C=C\C/C=C\CC. The van der Waals surface area contributed by atoms with E-state index in [0.717, 1.165) is 116 Å².